The molecule has 0 saturated heterocycles. The minimum absolute atomic E-state index is 0.000238. The molecule has 0 aliphatic heterocycles. The Labute approximate surface area is 120 Å². The molecule has 0 bridgehead atoms. The maximum absolute atomic E-state index is 12.3. The van der Waals surface area contributed by atoms with Gasteiger partial charge >= 0.3 is 12.3 Å². The maximum atomic E-state index is 12.3. The highest BCUT2D eigenvalue weighted by Crippen LogP contribution is 2.35. The summed E-state index contributed by atoms with van der Waals surface area (Å²) in [5, 5.41) is 0. The lowest BCUT2D eigenvalue weighted by Gasteiger charge is -2.15. The molecule has 0 saturated carbocycles. The molecule has 0 radical (unpaired) electrons. The number of rotatable bonds is 4. The number of nitrogens with zero attached hydrogens (tertiary/aromatic N) is 1. The molecular weight excluding hydrogens is 382 g/mol. The Morgan fingerprint density at radius 3 is 2.58 bits per heavy atom. The number of hydrogen-bond acceptors (Lipinski definition) is 5. The van der Waals surface area contributed by atoms with Crippen molar-refractivity contribution in [2.24, 2.45) is 0 Å². The number of aromatic nitrogens is 1. The van der Waals surface area contributed by atoms with E-state index < -0.39 is 23.8 Å². The first-order chi connectivity index (χ1) is 8.78. The normalized spacial score (nSPS) is 11.1. The Morgan fingerprint density at radius 1 is 1.47 bits per heavy atom. The van der Waals surface area contributed by atoms with Gasteiger partial charge < -0.3 is 14.2 Å². The fourth-order valence-electron chi connectivity index (χ4n) is 1.18. The standard InChI is InChI=1S/C10H9F3INO4/c1-3-18-9(16)7-8(19-10(11,12)13)5(17-2)4-6(14)15-7/h4H,3H2,1-2H3. The molecule has 1 aromatic rings. The number of ether oxygens (including phenoxy) is 3. The topological polar surface area (TPSA) is 57.7 Å². The molecule has 0 unspecified atom stereocenters. The van der Waals surface area contributed by atoms with Gasteiger partial charge in [0.25, 0.3) is 0 Å². The monoisotopic (exact) mass is 391 g/mol. The molecule has 1 rings (SSSR count). The van der Waals surface area contributed by atoms with Gasteiger partial charge in [0.05, 0.1) is 13.7 Å². The largest absolute Gasteiger partial charge is 0.573 e. The van der Waals surface area contributed by atoms with Crippen LogP contribution in [0.4, 0.5) is 13.2 Å². The summed E-state index contributed by atoms with van der Waals surface area (Å²) in [4.78, 5) is 15.3. The quantitative estimate of drug-likeness (QED) is 0.449. The summed E-state index contributed by atoms with van der Waals surface area (Å²) in [6, 6.07) is 1.21. The summed E-state index contributed by atoms with van der Waals surface area (Å²) in [6.45, 7) is 1.52. The molecule has 0 fully saturated rings. The second kappa shape index (κ2) is 6.26. The number of hydrogen-bond donors (Lipinski definition) is 0. The lowest BCUT2D eigenvalue weighted by atomic mass is 10.3. The predicted octanol–water partition coefficient (Wildman–Crippen LogP) is 2.77. The van der Waals surface area contributed by atoms with Crippen molar-refractivity contribution in [3.05, 3.63) is 15.5 Å². The Hall–Kier alpha value is -1.26. The fraction of sp³-hybridized carbons (Fsp3) is 0.400. The molecular formula is C10H9F3INO4. The number of pyridine rings is 1. The van der Waals surface area contributed by atoms with E-state index in [0.29, 0.717) is 0 Å². The van der Waals surface area contributed by atoms with Crippen molar-refractivity contribution in [2.45, 2.75) is 13.3 Å². The van der Waals surface area contributed by atoms with Crippen LogP contribution in [0.1, 0.15) is 17.4 Å². The Kier molecular flexibility index (Phi) is 5.20. The third-order valence-electron chi connectivity index (χ3n) is 1.81. The second-order valence-electron chi connectivity index (χ2n) is 3.09. The first-order valence-electron chi connectivity index (χ1n) is 4.96. The summed E-state index contributed by atoms with van der Waals surface area (Å²) < 4.78 is 50.4. The van der Waals surface area contributed by atoms with E-state index in [0.717, 1.165) is 7.11 Å². The van der Waals surface area contributed by atoms with E-state index in [9.17, 15) is 18.0 Å². The molecule has 0 aliphatic carbocycles. The number of carbonyl (C=O) groups is 1. The third-order valence-corrected chi connectivity index (χ3v) is 2.37. The molecule has 106 valence electrons. The predicted molar refractivity (Wildman–Crippen MR) is 66.1 cm³/mol. The summed E-state index contributed by atoms with van der Waals surface area (Å²) in [5.41, 5.74) is -0.581. The van der Waals surface area contributed by atoms with Gasteiger partial charge in [0, 0.05) is 6.07 Å². The highest BCUT2D eigenvalue weighted by Gasteiger charge is 2.36. The number of carbonyl (C=O) groups excluding carboxylic acids is 1. The van der Waals surface area contributed by atoms with Crippen molar-refractivity contribution in [1.82, 2.24) is 4.98 Å². The molecule has 5 nitrogen and oxygen atoms in total. The lowest BCUT2D eigenvalue weighted by molar-refractivity contribution is -0.275. The van der Waals surface area contributed by atoms with Crippen LogP contribution in [0.2, 0.25) is 0 Å². The van der Waals surface area contributed by atoms with Crippen LogP contribution in [0.15, 0.2) is 6.07 Å². The van der Waals surface area contributed by atoms with Gasteiger partial charge in [0.15, 0.2) is 11.4 Å². The summed E-state index contributed by atoms with van der Waals surface area (Å²) in [7, 11) is 1.16. The van der Waals surface area contributed by atoms with Gasteiger partial charge in [-0.15, -0.1) is 13.2 Å². The maximum Gasteiger partial charge on any atom is 0.573 e. The number of alkyl halides is 3. The Balaban J connectivity index is 3.33. The zero-order valence-electron chi connectivity index (χ0n) is 9.88. The zero-order valence-corrected chi connectivity index (χ0v) is 12.0. The van der Waals surface area contributed by atoms with E-state index in [1.165, 1.54) is 13.0 Å². The first kappa shape index (κ1) is 15.8. The second-order valence-corrected chi connectivity index (χ2v) is 4.20. The van der Waals surface area contributed by atoms with Crippen molar-refractivity contribution in [3.8, 4) is 11.5 Å². The van der Waals surface area contributed by atoms with Crippen LogP contribution in [-0.2, 0) is 4.74 Å². The van der Waals surface area contributed by atoms with E-state index in [4.69, 9.17) is 4.74 Å². The molecule has 0 amide bonds. The Morgan fingerprint density at radius 2 is 2.11 bits per heavy atom. The third kappa shape index (κ3) is 4.40. The summed E-state index contributed by atoms with van der Waals surface area (Å²) in [5.74, 6) is -2.08. The highest BCUT2D eigenvalue weighted by molar-refractivity contribution is 14.1. The molecule has 1 heterocycles. The van der Waals surface area contributed by atoms with Crippen molar-refractivity contribution in [1.29, 1.82) is 0 Å². The first-order valence-corrected chi connectivity index (χ1v) is 6.03. The van der Waals surface area contributed by atoms with Gasteiger partial charge in [-0.3, -0.25) is 0 Å². The van der Waals surface area contributed by atoms with Crippen LogP contribution >= 0.6 is 22.6 Å². The summed E-state index contributed by atoms with van der Waals surface area (Å²) in [6.07, 6.45) is -4.97. The average Bonchev–Trinajstić information content (AvgIpc) is 2.29. The van der Waals surface area contributed by atoms with E-state index in [-0.39, 0.29) is 16.1 Å². The number of esters is 1. The molecule has 1 aromatic heterocycles. The van der Waals surface area contributed by atoms with Crippen LogP contribution < -0.4 is 9.47 Å². The van der Waals surface area contributed by atoms with Crippen LogP contribution in [0.5, 0.6) is 11.5 Å². The SMILES string of the molecule is CCOC(=O)c1nc(I)cc(OC)c1OC(F)(F)F. The van der Waals surface area contributed by atoms with Gasteiger partial charge in [-0.25, -0.2) is 9.78 Å². The smallest absolute Gasteiger partial charge is 0.493 e. The minimum Gasteiger partial charge on any atom is -0.493 e. The molecule has 19 heavy (non-hydrogen) atoms. The van der Waals surface area contributed by atoms with Gasteiger partial charge in [0.2, 0.25) is 5.75 Å². The van der Waals surface area contributed by atoms with Gasteiger partial charge in [-0.1, -0.05) is 0 Å². The van der Waals surface area contributed by atoms with E-state index in [1.54, 1.807) is 22.6 Å². The highest BCUT2D eigenvalue weighted by atomic mass is 127. The minimum atomic E-state index is -4.97. The Bertz CT molecular complexity index is 479. The number of halogens is 4. The molecule has 0 spiro atoms. The zero-order chi connectivity index (χ0) is 14.6. The average molecular weight is 391 g/mol. The van der Waals surface area contributed by atoms with E-state index >= 15 is 0 Å². The van der Waals surface area contributed by atoms with Crippen LogP contribution in [0, 0.1) is 3.70 Å². The van der Waals surface area contributed by atoms with Gasteiger partial charge in [-0.2, -0.15) is 0 Å². The van der Waals surface area contributed by atoms with Crippen LogP contribution in [0.3, 0.4) is 0 Å². The van der Waals surface area contributed by atoms with Gasteiger partial charge in [-0.05, 0) is 29.5 Å². The van der Waals surface area contributed by atoms with Gasteiger partial charge in [0.1, 0.15) is 3.70 Å². The molecule has 0 aliphatic rings. The van der Waals surface area contributed by atoms with Crippen molar-refractivity contribution < 1.29 is 32.2 Å². The molecule has 0 aromatic carbocycles. The van der Waals surface area contributed by atoms with E-state index in [1.807, 2.05) is 0 Å². The molecule has 0 N–H and O–H groups in total. The fourth-order valence-corrected chi connectivity index (χ4v) is 1.71. The van der Waals surface area contributed by atoms with Crippen molar-refractivity contribution >= 4 is 28.6 Å². The van der Waals surface area contributed by atoms with Crippen molar-refractivity contribution in [3.63, 3.8) is 0 Å². The van der Waals surface area contributed by atoms with Crippen LogP contribution in [0.25, 0.3) is 0 Å². The van der Waals surface area contributed by atoms with Crippen LogP contribution in [-0.4, -0.2) is 31.0 Å². The molecule has 0 atom stereocenters. The van der Waals surface area contributed by atoms with E-state index in [2.05, 4.69) is 14.5 Å². The number of methoxy groups -OCH3 is 1. The van der Waals surface area contributed by atoms with Crippen molar-refractivity contribution in [2.75, 3.05) is 13.7 Å². The molecule has 9 heteroatoms. The summed E-state index contributed by atoms with van der Waals surface area (Å²) >= 11 is 1.73. The lowest BCUT2D eigenvalue weighted by Crippen LogP contribution is -2.21.